The molecule has 2 aromatic carbocycles. The molecule has 0 saturated carbocycles. The Kier molecular flexibility index (Phi) is 6.42. The van der Waals surface area contributed by atoms with Crippen molar-refractivity contribution in [1.82, 2.24) is 0 Å². The summed E-state index contributed by atoms with van der Waals surface area (Å²) in [6.45, 7) is 8.42. The number of ether oxygens (including phenoxy) is 1. The number of rotatable bonds is 7. The highest BCUT2D eigenvalue weighted by atomic mass is 16.5. The molecule has 0 aromatic heterocycles. The fourth-order valence-corrected chi connectivity index (χ4v) is 2.48. The zero-order chi connectivity index (χ0) is 17.5. The van der Waals surface area contributed by atoms with Crippen molar-refractivity contribution in [2.24, 2.45) is 0 Å². The van der Waals surface area contributed by atoms with Crippen LogP contribution >= 0.6 is 0 Å². The lowest BCUT2D eigenvalue weighted by Crippen LogP contribution is -2.15. The van der Waals surface area contributed by atoms with Gasteiger partial charge in [-0.05, 0) is 55.5 Å². The first-order valence-corrected chi connectivity index (χ1v) is 8.72. The van der Waals surface area contributed by atoms with Gasteiger partial charge in [-0.15, -0.1) is 0 Å². The number of hydrogen-bond acceptors (Lipinski definition) is 2. The van der Waals surface area contributed by atoms with E-state index in [2.05, 4.69) is 32.2 Å². The van der Waals surface area contributed by atoms with E-state index < -0.39 is 0 Å². The van der Waals surface area contributed by atoms with Crippen LogP contribution in [0.2, 0.25) is 0 Å². The summed E-state index contributed by atoms with van der Waals surface area (Å²) < 4.78 is 5.80. The van der Waals surface area contributed by atoms with Crippen LogP contribution in [0.5, 0.6) is 5.75 Å². The topological polar surface area (TPSA) is 38.3 Å². The van der Waals surface area contributed by atoms with E-state index >= 15 is 0 Å². The van der Waals surface area contributed by atoms with Gasteiger partial charge in [0.2, 0.25) is 0 Å². The molecule has 2 unspecified atom stereocenters. The molecular formula is C21H27NO2. The Balaban J connectivity index is 2.17. The predicted molar refractivity (Wildman–Crippen MR) is 99.9 cm³/mol. The molecule has 24 heavy (non-hydrogen) atoms. The van der Waals surface area contributed by atoms with Crippen LogP contribution in [0.1, 0.15) is 62.4 Å². The molecular weight excluding hydrogens is 298 g/mol. The molecule has 1 amide bonds. The van der Waals surface area contributed by atoms with Gasteiger partial charge in [-0.3, -0.25) is 4.79 Å². The maximum absolute atomic E-state index is 12.6. The summed E-state index contributed by atoms with van der Waals surface area (Å²) in [4.78, 5) is 12.6. The average Bonchev–Trinajstić information content (AvgIpc) is 2.61. The molecule has 3 heteroatoms. The van der Waals surface area contributed by atoms with Crippen LogP contribution in [0.3, 0.4) is 0 Å². The zero-order valence-electron chi connectivity index (χ0n) is 15.0. The highest BCUT2D eigenvalue weighted by Crippen LogP contribution is 2.27. The van der Waals surface area contributed by atoms with Crippen molar-refractivity contribution in [2.75, 3.05) is 5.32 Å². The van der Waals surface area contributed by atoms with Gasteiger partial charge in [0.1, 0.15) is 5.75 Å². The highest BCUT2D eigenvalue weighted by Gasteiger charge is 2.13. The SMILES string of the molecule is CCC(C)Oc1cccc(C(=O)Nc2ccccc2C(C)CC)c1. The molecule has 2 aromatic rings. The van der Waals surface area contributed by atoms with Crippen molar-refractivity contribution in [1.29, 1.82) is 0 Å². The van der Waals surface area contributed by atoms with Crippen LogP contribution in [-0.4, -0.2) is 12.0 Å². The van der Waals surface area contributed by atoms with Crippen molar-refractivity contribution in [2.45, 2.75) is 52.6 Å². The lowest BCUT2D eigenvalue weighted by atomic mass is 9.97. The first-order chi connectivity index (χ1) is 11.5. The first kappa shape index (κ1) is 18.1. The quantitative estimate of drug-likeness (QED) is 0.716. The molecule has 0 bridgehead atoms. The molecule has 0 radical (unpaired) electrons. The van der Waals surface area contributed by atoms with Crippen molar-refractivity contribution in [3.05, 3.63) is 59.7 Å². The number of anilines is 1. The van der Waals surface area contributed by atoms with Crippen molar-refractivity contribution < 1.29 is 9.53 Å². The van der Waals surface area contributed by atoms with E-state index in [-0.39, 0.29) is 12.0 Å². The monoisotopic (exact) mass is 325 g/mol. The number of carbonyl (C=O) groups is 1. The van der Waals surface area contributed by atoms with E-state index in [1.165, 1.54) is 5.56 Å². The van der Waals surface area contributed by atoms with Crippen molar-refractivity contribution >= 4 is 11.6 Å². The zero-order valence-corrected chi connectivity index (χ0v) is 15.0. The van der Waals surface area contributed by atoms with Gasteiger partial charge in [-0.1, -0.05) is 45.0 Å². The lowest BCUT2D eigenvalue weighted by Gasteiger charge is -2.16. The Hall–Kier alpha value is -2.29. The van der Waals surface area contributed by atoms with Gasteiger partial charge in [0.25, 0.3) is 5.91 Å². The van der Waals surface area contributed by atoms with Crippen LogP contribution in [0, 0.1) is 0 Å². The molecule has 0 aliphatic carbocycles. The molecule has 2 atom stereocenters. The number of para-hydroxylation sites is 1. The number of benzene rings is 2. The molecule has 0 aliphatic heterocycles. The smallest absolute Gasteiger partial charge is 0.255 e. The number of hydrogen-bond donors (Lipinski definition) is 1. The Morgan fingerprint density at radius 3 is 2.50 bits per heavy atom. The highest BCUT2D eigenvalue weighted by molar-refractivity contribution is 6.04. The predicted octanol–water partition coefficient (Wildman–Crippen LogP) is 5.63. The number of amides is 1. The Morgan fingerprint density at radius 2 is 1.79 bits per heavy atom. The van der Waals surface area contributed by atoms with Crippen molar-refractivity contribution in [3.63, 3.8) is 0 Å². The summed E-state index contributed by atoms with van der Waals surface area (Å²) in [7, 11) is 0. The minimum absolute atomic E-state index is 0.111. The third kappa shape index (κ3) is 4.60. The second-order valence-corrected chi connectivity index (χ2v) is 6.22. The van der Waals surface area contributed by atoms with Crippen LogP contribution in [0.4, 0.5) is 5.69 Å². The fraction of sp³-hybridized carbons (Fsp3) is 0.381. The molecule has 0 heterocycles. The largest absolute Gasteiger partial charge is 0.491 e. The Labute approximate surface area is 145 Å². The third-order valence-electron chi connectivity index (χ3n) is 4.36. The number of carbonyl (C=O) groups excluding carboxylic acids is 1. The van der Waals surface area contributed by atoms with E-state index in [0.717, 1.165) is 24.3 Å². The van der Waals surface area contributed by atoms with E-state index in [0.29, 0.717) is 11.5 Å². The molecule has 128 valence electrons. The first-order valence-electron chi connectivity index (χ1n) is 8.72. The van der Waals surface area contributed by atoms with E-state index in [9.17, 15) is 4.79 Å². The molecule has 0 fully saturated rings. The minimum Gasteiger partial charge on any atom is -0.491 e. The molecule has 0 spiro atoms. The minimum atomic E-state index is -0.111. The Bertz CT molecular complexity index is 681. The third-order valence-corrected chi connectivity index (χ3v) is 4.36. The fourth-order valence-electron chi connectivity index (χ4n) is 2.48. The number of nitrogens with one attached hydrogen (secondary N) is 1. The van der Waals surface area contributed by atoms with Crippen LogP contribution in [0.15, 0.2) is 48.5 Å². The van der Waals surface area contributed by atoms with Gasteiger partial charge < -0.3 is 10.1 Å². The second kappa shape index (κ2) is 8.53. The van der Waals surface area contributed by atoms with Gasteiger partial charge in [0, 0.05) is 11.3 Å². The van der Waals surface area contributed by atoms with E-state index in [1.807, 2.05) is 43.3 Å². The summed E-state index contributed by atoms with van der Waals surface area (Å²) in [5.74, 6) is 1.02. The molecule has 0 saturated heterocycles. The van der Waals surface area contributed by atoms with Gasteiger partial charge in [0.05, 0.1) is 6.10 Å². The van der Waals surface area contributed by atoms with Gasteiger partial charge in [-0.2, -0.15) is 0 Å². The molecule has 0 aliphatic rings. The molecule has 2 rings (SSSR count). The summed E-state index contributed by atoms with van der Waals surface area (Å²) in [6, 6.07) is 15.3. The standard InChI is InChI=1S/C21H27NO2/c1-5-15(3)19-12-7-8-13-20(19)22-21(23)17-10-9-11-18(14-17)24-16(4)6-2/h7-16H,5-6H2,1-4H3,(H,22,23). The Morgan fingerprint density at radius 1 is 1.04 bits per heavy atom. The lowest BCUT2D eigenvalue weighted by molar-refractivity contribution is 0.102. The second-order valence-electron chi connectivity index (χ2n) is 6.22. The summed E-state index contributed by atoms with van der Waals surface area (Å²) in [5.41, 5.74) is 2.65. The maximum atomic E-state index is 12.6. The summed E-state index contributed by atoms with van der Waals surface area (Å²) in [6.07, 6.45) is 2.10. The summed E-state index contributed by atoms with van der Waals surface area (Å²) in [5, 5.41) is 3.04. The van der Waals surface area contributed by atoms with Crippen LogP contribution in [-0.2, 0) is 0 Å². The van der Waals surface area contributed by atoms with E-state index in [4.69, 9.17) is 4.74 Å². The van der Waals surface area contributed by atoms with Crippen molar-refractivity contribution in [3.8, 4) is 5.75 Å². The molecule has 1 N–H and O–H groups in total. The van der Waals surface area contributed by atoms with Gasteiger partial charge in [-0.25, -0.2) is 0 Å². The van der Waals surface area contributed by atoms with Gasteiger partial charge in [0.15, 0.2) is 0 Å². The maximum Gasteiger partial charge on any atom is 0.255 e. The molecule has 3 nitrogen and oxygen atoms in total. The van der Waals surface area contributed by atoms with Gasteiger partial charge >= 0.3 is 0 Å². The van der Waals surface area contributed by atoms with Crippen LogP contribution in [0.25, 0.3) is 0 Å². The summed E-state index contributed by atoms with van der Waals surface area (Å²) >= 11 is 0. The van der Waals surface area contributed by atoms with E-state index in [1.54, 1.807) is 6.07 Å². The normalized spacial score (nSPS) is 13.2. The average molecular weight is 325 g/mol. The van der Waals surface area contributed by atoms with Crippen LogP contribution < -0.4 is 10.1 Å².